The molecule has 0 amide bonds. The van der Waals surface area contributed by atoms with Crippen LogP contribution >= 0.6 is 0 Å². The van der Waals surface area contributed by atoms with Crippen LogP contribution in [-0.2, 0) is 0 Å². The van der Waals surface area contributed by atoms with Crippen LogP contribution in [0.2, 0.25) is 0 Å². The van der Waals surface area contributed by atoms with Crippen molar-refractivity contribution in [1.82, 2.24) is 29.7 Å². The summed E-state index contributed by atoms with van der Waals surface area (Å²) in [6.07, 6.45) is 14.7. The minimum absolute atomic E-state index is 0.564. The molecule has 0 unspecified atom stereocenters. The van der Waals surface area contributed by atoms with Gasteiger partial charge in [0.2, 0.25) is 0 Å². The van der Waals surface area contributed by atoms with Gasteiger partial charge in [-0.25, -0.2) is 0 Å². The maximum absolute atomic E-state index is 5.54. The summed E-state index contributed by atoms with van der Waals surface area (Å²) in [4.78, 5) is 13.0. The minimum Gasteiger partial charge on any atom is -0.385 e. The molecule has 0 atom stereocenters. The van der Waals surface area contributed by atoms with Gasteiger partial charge < -0.3 is 25.2 Å². The number of para-hydroxylation sites is 1. The number of allylic oxidation sites excluding steroid dienone is 2. The van der Waals surface area contributed by atoms with Crippen molar-refractivity contribution < 1.29 is 0 Å². The third-order valence-corrected chi connectivity index (χ3v) is 7.17. The SMILES string of the molecule is C1=CN(c2cccc(-c3nncn3C3CC3)c2)CC=C1c1cnc2cc[nH]c2c1.Nc1cc2ccccc2[nH]1. The number of fused-ring (bicyclic) bond motifs is 2. The highest BCUT2D eigenvalue weighted by Gasteiger charge is 2.26. The second kappa shape index (κ2) is 9.64. The van der Waals surface area contributed by atoms with E-state index < -0.39 is 0 Å². The average molecular weight is 513 g/mol. The fourth-order valence-electron chi connectivity index (χ4n) is 4.98. The van der Waals surface area contributed by atoms with E-state index in [9.17, 15) is 0 Å². The predicted molar refractivity (Wildman–Crippen MR) is 157 cm³/mol. The van der Waals surface area contributed by atoms with Crippen molar-refractivity contribution in [3.63, 3.8) is 0 Å². The monoisotopic (exact) mass is 512 g/mol. The Morgan fingerprint density at radius 2 is 1.85 bits per heavy atom. The third kappa shape index (κ3) is 4.68. The lowest BCUT2D eigenvalue weighted by atomic mass is 10.0. The number of nitrogen functional groups attached to an aromatic ring is 1. The van der Waals surface area contributed by atoms with Crippen LogP contribution in [-0.4, -0.2) is 36.3 Å². The zero-order chi connectivity index (χ0) is 26.2. The molecule has 0 saturated heterocycles. The van der Waals surface area contributed by atoms with Crippen molar-refractivity contribution in [3.8, 4) is 11.4 Å². The van der Waals surface area contributed by atoms with Crippen molar-refractivity contribution in [2.45, 2.75) is 18.9 Å². The van der Waals surface area contributed by atoms with Crippen LogP contribution in [0.15, 0.2) is 104 Å². The van der Waals surface area contributed by atoms with Crippen LogP contribution in [0.4, 0.5) is 11.5 Å². The first-order valence-corrected chi connectivity index (χ1v) is 13.1. The Morgan fingerprint density at radius 3 is 2.69 bits per heavy atom. The Bertz CT molecular complexity index is 1800. The van der Waals surface area contributed by atoms with Gasteiger partial charge in [-0.15, -0.1) is 10.2 Å². The van der Waals surface area contributed by atoms with Gasteiger partial charge in [-0.3, -0.25) is 4.98 Å². The molecule has 5 heterocycles. The Hall–Kier alpha value is -5.11. The van der Waals surface area contributed by atoms with Crippen molar-refractivity contribution in [3.05, 3.63) is 109 Å². The van der Waals surface area contributed by atoms with Gasteiger partial charge >= 0.3 is 0 Å². The minimum atomic E-state index is 0.564. The van der Waals surface area contributed by atoms with E-state index in [1.807, 2.05) is 55.1 Å². The largest absolute Gasteiger partial charge is 0.385 e. The highest BCUT2D eigenvalue weighted by Crippen LogP contribution is 2.38. The van der Waals surface area contributed by atoms with Gasteiger partial charge in [-0.1, -0.05) is 36.4 Å². The number of benzene rings is 2. The number of nitrogens with one attached hydrogen (secondary N) is 2. The number of rotatable bonds is 4. The number of H-pyrrole nitrogens is 2. The molecule has 8 nitrogen and oxygen atoms in total. The summed E-state index contributed by atoms with van der Waals surface area (Å²) < 4.78 is 2.20. The van der Waals surface area contributed by atoms with Crippen LogP contribution in [0.3, 0.4) is 0 Å². The van der Waals surface area contributed by atoms with Gasteiger partial charge in [0.1, 0.15) is 12.1 Å². The molecule has 1 aliphatic carbocycles. The van der Waals surface area contributed by atoms with E-state index >= 15 is 0 Å². The summed E-state index contributed by atoms with van der Waals surface area (Å²) in [6, 6.07) is 23.2. The number of anilines is 2. The molecule has 39 heavy (non-hydrogen) atoms. The fourth-order valence-corrected chi connectivity index (χ4v) is 4.98. The molecule has 8 rings (SSSR count). The molecule has 1 saturated carbocycles. The van der Waals surface area contributed by atoms with Gasteiger partial charge in [-0.05, 0) is 60.9 Å². The molecule has 4 N–H and O–H groups in total. The maximum Gasteiger partial charge on any atom is 0.164 e. The highest BCUT2D eigenvalue weighted by molar-refractivity contribution is 5.84. The summed E-state index contributed by atoms with van der Waals surface area (Å²) in [5, 5.41) is 9.66. The summed E-state index contributed by atoms with van der Waals surface area (Å²) in [6.45, 7) is 0.813. The number of nitrogens with zero attached hydrogens (tertiary/aromatic N) is 5. The second-order valence-corrected chi connectivity index (χ2v) is 9.92. The average Bonchev–Trinajstić information content (AvgIpc) is 3.35. The zero-order valence-electron chi connectivity index (χ0n) is 21.3. The molecule has 4 aromatic heterocycles. The van der Waals surface area contributed by atoms with Gasteiger partial charge in [0, 0.05) is 58.9 Å². The zero-order valence-corrected chi connectivity index (χ0v) is 21.3. The lowest BCUT2D eigenvalue weighted by Gasteiger charge is -2.23. The van der Waals surface area contributed by atoms with Gasteiger partial charge in [0.15, 0.2) is 5.82 Å². The Balaban J connectivity index is 0.000000213. The van der Waals surface area contributed by atoms with Gasteiger partial charge in [0.25, 0.3) is 0 Å². The number of hydrogen-bond acceptors (Lipinski definition) is 5. The number of hydrogen-bond donors (Lipinski definition) is 3. The van der Waals surface area contributed by atoms with Crippen molar-refractivity contribution in [1.29, 1.82) is 0 Å². The molecule has 6 aromatic rings. The molecule has 1 fully saturated rings. The quantitative estimate of drug-likeness (QED) is 0.256. The molecule has 0 radical (unpaired) electrons. The lowest BCUT2D eigenvalue weighted by Crippen LogP contribution is -2.18. The van der Waals surface area contributed by atoms with Gasteiger partial charge in [0.05, 0.1) is 11.0 Å². The molecule has 2 aliphatic rings. The number of pyridine rings is 1. The molecule has 192 valence electrons. The normalized spacial score (nSPS) is 14.9. The maximum atomic E-state index is 5.54. The molecule has 2 aromatic carbocycles. The van der Waals surface area contributed by atoms with E-state index in [4.69, 9.17) is 5.73 Å². The number of nitrogens with two attached hydrogens (primary N) is 1. The molecule has 8 heteroatoms. The van der Waals surface area contributed by atoms with E-state index in [1.54, 1.807) is 0 Å². The van der Waals surface area contributed by atoms with E-state index in [2.05, 4.69) is 83.3 Å². The van der Waals surface area contributed by atoms with Crippen LogP contribution in [0.1, 0.15) is 24.4 Å². The number of aromatic nitrogens is 6. The summed E-state index contributed by atoms with van der Waals surface area (Å²) in [5.74, 6) is 1.68. The third-order valence-electron chi connectivity index (χ3n) is 7.17. The molecule has 0 spiro atoms. The molecule has 0 bridgehead atoms. The molecule has 1 aliphatic heterocycles. The summed E-state index contributed by atoms with van der Waals surface area (Å²) in [5.41, 5.74) is 13.3. The van der Waals surface area contributed by atoms with E-state index in [0.717, 1.165) is 51.6 Å². The predicted octanol–water partition coefficient (Wildman–Crippen LogP) is 6.32. The van der Waals surface area contributed by atoms with Crippen LogP contribution < -0.4 is 10.6 Å². The van der Waals surface area contributed by atoms with Crippen molar-refractivity contribution in [2.24, 2.45) is 0 Å². The summed E-state index contributed by atoms with van der Waals surface area (Å²) in [7, 11) is 0. The Labute approximate surface area is 225 Å². The van der Waals surface area contributed by atoms with Crippen molar-refractivity contribution >= 4 is 39.0 Å². The van der Waals surface area contributed by atoms with E-state index in [0.29, 0.717) is 6.04 Å². The van der Waals surface area contributed by atoms with E-state index in [-0.39, 0.29) is 0 Å². The number of aromatic amines is 2. The van der Waals surface area contributed by atoms with E-state index in [1.165, 1.54) is 23.8 Å². The van der Waals surface area contributed by atoms with Crippen LogP contribution in [0.5, 0.6) is 0 Å². The van der Waals surface area contributed by atoms with Crippen LogP contribution in [0.25, 0.3) is 38.9 Å². The highest BCUT2D eigenvalue weighted by atomic mass is 15.3. The molecular formula is C31H28N8. The standard InChI is InChI=1S/C23H20N6.C8H8N2/c1-2-17(23-27-26-15-29(23)19-4-5-19)12-20(3-1)28-10-7-16(8-11-28)18-13-22-21(25-14-18)6-9-24-22;9-8-5-6-3-1-2-4-7(6)10-8/h1-3,6-10,12-15,19,24H,4-5,11H2;1-5,10H,9H2. The first-order chi connectivity index (χ1) is 19.2. The Kier molecular flexibility index (Phi) is 5.70. The first-order valence-electron chi connectivity index (χ1n) is 13.1. The topological polar surface area (TPSA) is 104 Å². The van der Waals surface area contributed by atoms with Crippen molar-refractivity contribution in [2.75, 3.05) is 17.2 Å². The fraction of sp³-hybridized carbons (Fsp3) is 0.129. The summed E-state index contributed by atoms with van der Waals surface area (Å²) >= 11 is 0. The lowest BCUT2D eigenvalue weighted by molar-refractivity contribution is 0.746. The second-order valence-electron chi connectivity index (χ2n) is 9.92. The van der Waals surface area contributed by atoms with Gasteiger partial charge in [-0.2, -0.15) is 0 Å². The Morgan fingerprint density at radius 1 is 0.923 bits per heavy atom. The smallest absolute Gasteiger partial charge is 0.164 e. The van der Waals surface area contributed by atoms with Crippen LogP contribution in [0, 0.1) is 0 Å². The molecular weight excluding hydrogens is 484 g/mol. The first kappa shape index (κ1) is 23.0.